The lowest BCUT2D eigenvalue weighted by atomic mass is 10.1. The van der Waals surface area contributed by atoms with Gasteiger partial charge >= 0.3 is 0 Å². The quantitative estimate of drug-likeness (QED) is 0.862. The molecule has 0 bridgehead atoms. The summed E-state index contributed by atoms with van der Waals surface area (Å²) in [5.74, 6) is 0.805. The average molecular weight is 252 g/mol. The molecular formula is C15H24OS. The normalized spacial score (nSPS) is 13.7. The number of aliphatic hydroxyl groups is 1. The number of aryl methyl sites for hydroxylation is 1. The number of aliphatic hydroxyl groups excluding tert-OH is 1. The molecule has 0 aromatic heterocycles. The van der Waals surface area contributed by atoms with Crippen molar-refractivity contribution in [2.24, 2.45) is 0 Å². The van der Waals surface area contributed by atoms with E-state index in [1.165, 1.54) is 11.1 Å². The summed E-state index contributed by atoms with van der Waals surface area (Å²) in [6.45, 7) is 8.70. The highest BCUT2D eigenvalue weighted by molar-refractivity contribution is 8.00. The first-order chi connectivity index (χ1) is 7.90. The Balaban J connectivity index is 2.42. The standard InChI is InChI=1S/C15H24OS/c1-5-12-6-8-13(9-7-12)10-14(16)11-17-15(2,3)4/h6-9,14,16H,5,10-11H2,1-4H3. The van der Waals surface area contributed by atoms with Crippen molar-refractivity contribution >= 4 is 11.8 Å². The predicted molar refractivity (Wildman–Crippen MR) is 77.7 cm³/mol. The molecular weight excluding hydrogens is 228 g/mol. The Hall–Kier alpha value is -0.470. The third-order valence-electron chi connectivity index (χ3n) is 2.61. The number of thioether (sulfide) groups is 1. The second kappa shape index (κ2) is 6.46. The van der Waals surface area contributed by atoms with Crippen molar-refractivity contribution in [3.63, 3.8) is 0 Å². The zero-order chi connectivity index (χ0) is 12.9. The Morgan fingerprint density at radius 1 is 1.12 bits per heavy atom. The molecule has 2 heteroatoms. The van der Waals surface area contributed by atoms with E-state index in [1.54, 1.807) is 0 Å². The Kier molecular flexibility index (Phi) is 5.54. The Labute approximate surface area is 110 Å². The molecule has 0 amide bonds. The zero-order valence-electron chi connectivity index (χ0n) is 11.4. The maximum atomic E-state index is 9.97. The summed E-state index contributed by atoms with van der Waals surface area (Å²) >= 11 is 1.82. The van der Waals surface area contributed by atoms with E-state index >= 15 is 0 Å². The van der Waals surface area contributed by atoms with E-state index in [4.69, 9.17) is 0 Å². The highest BCUT2D eigenvalue weighted by atomic mass is 32.2. The lowest BCUT2D eigenvalue weighted by Crippen LogP contribution is -2.18. The van der Waals surface area contributed by atoms with E-state index in [9.17, 15) is 5.11 Å². The molecule has 0 aliphatic heterocycles. The van der Waals surface area contributed by atoms with E-state index in [2.05, 4.69) is 52.0 Å². The van der Waals surface area contributed by atoms with E-state index in [-0.39, 0.29) is 10.9 Å². The summed E-state index contributed by atoms with van der Waals surface area (Å²) in [5, 5.41) is 9.97. The van der Waals surface area contributed by atoms with Crippen LogP contribution in [0.1, 0.15) is 38.8 Å². The molecule has 1 rings (SSSR count). The van der Waals surface area contributed by atoms with Crippen molar-refractivity contribution in [3.05, 3.63) is 35.4 Å². The highest BCUT2D eigenvalue weighted by Gasteiger charge is 2.14. The first kappa shape index (κ1) is 14.6. The Bertz CT molecular complexity index is 324. The fourth-order valence-electron chi connectivity index (χ4n) is 1.59. The summed E-state index contributed by atoms with van der Waals surface area (Å²) in [7, 11) is 0. The molecule has 0 saturated heterocycles. The van der Waals surface area contributed by atoms with Crippen LogP contribution in [0.2, 0.25) is 0 Å². The van der Waals surface area contributed by atoms with E-state index in [1.807, 2.05) is 11.8 Å². The molecule has 1 nitrogen and oxygen atoms in total. The van der Waals surface area contributed by atoms with Crippen LogP contribution < -0.4 is 0 Å². The maximum absolute atomic E-state index is 9.97. The van der Waals surface area contributed by atoms with E-state index < -0.39 is 0 Å². The molecule has 0 spiro atoms. The van der Waals surface area contributed by atoms with Crippen LogP contribution in [0, 0.1) is 0 Å². The van der Waals surface area contributed by atoms with Crippen molar-refractivity contribution in [1.82, 2.24) is 0 Å². The minimum Gasteiger partial charge on any atom is -0.392 e. The molecule has 17 heavy (non-hydrogen) atoms. The van der Waals surface area contributed by atoms with E-state index in [0.717, 1.165) is 18.6 Å². The third-order valence-corrected chi connectivity index (χ3v) is 4.03. The van der Waals surface area contributed by atoms with Crippen LogP contribution in [-0.4, -0.2) is 21.7 Å². The lowest BCUT2D eigenvalue weighted by molar-refractivity contribution is 0.200. The van der Waals surface area contributed by atoms with Gasteiger partial charge in [0.05, 0.1) is 6.10 Å². The van der Waals surface area contributed by atoms with Gasteiger partial charge in [-0.15, -0.1) is 0 Å². The second-order valence-electron chi connectivity index (χ2n) is 5.45. The van der Waals surface area contributed by atoms with Crippen LogP contribution in [-0.2, 0) is 12.8 Å². The zero-order valence-corrected chi connectivity index (χ0v) is 12.2. The monoisotopic (exact) mass is 252 g/mol. The van der Waals surface area contributed by atoms with Gasteiger partial charge in [-0.25, -0.2) is 0 Å². The summed E-state index contributed by atoms with van der Waals surface area (Å²) < 4.78 is 0.229. The molecule has 0 fully saturated rings. The molecule has 0 radical (unpaired) electrons. The van der Waals surface area contributed by atoms with Crippen LogP contribution >= 0.6 is 11.8 Å². The van der Waals surface area contributed by atoms with Gasteiger partial charge in [0.1, 0.15) is 0 Å². The fraction of sp³-hybridized carbons (Fsp3) is 0.600. The van der Waals surface area contributed by atoms with Crippen LogP contribution in [0.15, 0.2) is 24.3 Å². The smallest absolute Gasteiger partial charge is 0.0671 e. The molecule has 1 unspecified atom stereocenters. The predicted octanol–water partition coefficient (Wildman–Crippen LogP) is 3.68. The lowest BCUT2D eigenvalue weighted by Gasteiger charge is -2.20. The van der Waals surface area contributed by atoms with Crippen molar-refractivity contribution in [2.75, 3.05) is 5.75 Å². The molecule has 1 atom stereocenters. The summed E-state index contributed by atoms with van der Waals surface area (Å²) in [6.07, 6.45) is 1.59. The van der Waals surface area contributed by atoms with Crippen LogP contribution in [0.5, 0.6) is 0 Å². The minimum atomic E-state index is -0.244. The molecule has 1 aromatic rings. The maximum Gasteiger partial charge on any atom is 0.0671 e. The molecule has 1 aromatic carbocycles. The third kappa shape index (κ3) is 6.13. The van der Waals surface area contributed by atoms with Crippen molar-refractivity contribution < 1.29 is 5.11 Å². The average Bonchev–Trinajstić information content (AvgIpc) is 2.27. The van der Waals surface area contributed by atoms with Crippen molar-refractivity contribution in [2.45, 2.75) is 51.4 Å². The first-order valence-electron chi connectivity index (χ1n) is 6.30. The van der Waals surface area contributed by atoms with Crippen LogP contribution in [0.25, 0.3) is 0 Å². The van der Waals surface area contributed by atoms with Crippen molar-refractivity contribution in [1.29, 1.82) is 0 Å². The van der Waals surface area contributed by atoms with Crippen LogP contribution in [0.4, 0.5) is 0 Å². The molecule has 96 valence electrons. The number of hydrogen-bond acceptors (Lipinski definition) is 2. The summed E-state index contributed by atoms with van der Waals surface area (Å²) in [5.41, 5.74) is 2.58. The Morgan fingerprint density at radius 2 is 1.65 bits per heavy atom. The molecule has 0 heterocycles. The van der Waals surface area contributed by atoms with E-state index in [0.29, 0.717) is 0 Å². The van der Waals surface area contributed by atoms with Gasteiger partial charge < -0.3 is 5.11 Å². The topological polar surface area (TPSA) is 20.2 Å². The Morgan fingerprint density at radius 3 is 2.12 bits per heavy atom. The summed E-state index contributed by atoms with van der Waals surface area (Å²) in [6, 6.07) is 8.56. The minimum absolute atomic E-state index is 0.229. The molecule has 1 N–H and O–H groups in total. The highest BCUT2D eigenvalue weighted by Crippen LogP contribution is 2.24. The SMILES string of the molecule is CCc1ccc(CC(O)CSC(C)(C)C)cc1. The summed E-state index contributed by atoms with van der Waals surface area (Å²) in [4.78, 5) is 0. The first-order valence-corrected chi connectivity index (χ1v) is 7.29. The molecule has 0 aliphatic rings. The van der Waals surface area contributed by atoms with Gasteiger partial charge in [0.2, 0.25) is 0 Å². The van der Waals surface area contributed by atoms with Crippen LogP contribution in [0.3, 0.4) is 0 Å². The van der Waals surface area contributed by atoms with Gasteiger partial charge in [-0.2, -0.15) is 11.8 Å². The molecule has 0 aliphatic carbocycles. The number of benzene rings is 1. The van der Waals surface area contributed by atoms with Gasteiger partial charge in [0.15, 0.2) is 0 Å². The van der Waals surface area contributed by atoms with Gasteiger partial charge in [0, 0.05) is 10.5 Å². The largest absolute Gasteiger partial charge is 0.392 e. The molecule has 0 saturated carbocycles. The number of hydrogen-bond donors (Lipinski definition) is 1. The van der Waals surface area contributed by atoms with Gasteiger partial charge in [-0.1, -0.05) is 52.0 Å². The van der Waals surface area contributed by atoms with Gasteiger partial charge in [-0.05, 0) is 24.0 Å². The van der Waals surface area contributed by atoms with Gasteiger partial charge in [0.25, 0.3) is 0 Å². The van der Waals surface area contributed by atoms with Gasteiger partial charge in [-0.3, -0.25) is 0 Å². The fourth-order valence-corrected chi connectivity index (χ4v) is 2.40. The second-order valence-corrected chi connectivity index (χ2v) is 7.30. The van der Waals surface area contributed by atoms with Crippen molar-refractivity contribution in [3.8, 4) is 0 Å². The number of rotatable bonds is 5.